The topological polar surface area (TPSA) is 62.5 Å². The van der Waals surface area contributed by atoms with E-state index in [-0.39, 0.29) is 24.5 Å². The number of rotatable bonds is 4. The molecule has 96 valence electrons. The van der Waals surface area contributed by atoms with Gasteiger partial charge in [-0.2, -0.15) is 0 Å². The van der Waals surface area contributed by atoms with Crippen LogP contribution in [0.2, 0.25) is 0 Å². The van der Waals surface area contributed by atoms with Gasteiger partial charge in [0.15, 0.2) is 0 Å². The largest absolute Gasteiger partial charge is 0.463 e. The van der Waals surface area contributed by atoms with Crippen molar-refractivity contribution in [2.45, 2.75) is 19.9 Å². The van der Waals surface area contributed by atoms with Crippen LogP contribution in [0.1, 0.15) is 24.2 Å². The lowest BCUT2D eigenvalue weighted by Crippen LogP contribution is -2.38. The van der Waals surface area contributed by atoms with E-state index in [4.69, 9.17) is 9.52 Å². The molecular weight excluding hydrogens is 230 g/mol. The molecule has 0 aliphatic heterocycles. The van der Waals surface area contributed by atoms with Gasteiger partial charge in [0.2, 0.25) is 0 Å². The molecule has 4 heteroatoms. The standard InChI is InChI=1S/C14H17NO3/c1-9(7-16)10(2)15-14(17)12-8-18-13-6-4-3-5-11(12)13/h3-6,8-10,16H,7H2,1-2H3,(H,15,17). The van der Waals surface area contributed by atoms with Gasteiger partial charge in [-0.1, -0.05) is 25.1 Å². The number of carbonyl (C=O) groups excluding carboxylic acids is 1. The third kappa shape index (κ3) is 2.38. The minimum atomic E-state index is -0.173. The predicted molar refractivity (Wildman–Crippen MR) is 69.4 cm³/mol. The van der Waals surface area contributed by atoms with E-state index in [0.717, 1.165) is 5.39 Å². The van der Waals surface area contributed by atoms with Gasteiger partial charge >= 0.3 is 0 Å². The molecular formula is C14H17NO3. The number of amides is 1. The molecule has 4 nitrogen and oxygen atoms in total. The number of aliphatic hydroxyl groups is 1. The van der Waals surface area contributed by atoms with E-state index < -0.39 is 0 Å². The summed E-state index contributed by atoms with van der Waals surface area (Å²) in [5.41, 5.74) is 1.23. The molecule has 0 spiro atoms. The number of aliphatic hydroxyl groups excluding tert-OH is 1. The first-order valence-corrected chi connectivity index (χ1v) is 6.01. The molecule has 0 saturated carbocycles. The van der Waals surface area contributed by atoms with Gasteiger partial charge in [0.05, 0.1) is 5.56 Å². The Hall–Kier alpha value is -1.81. The molecule has 0 aliphatic rings. The van der Waals surface area contributed by atoms with Crippen molar-refractivity contribution < 1.29 is 14.3 Å². The monoisotopic (exact) mass is 247 g/mol. The summed E-state index contributed by atoms with van der Waals surface area (Å²) in [7, 11) is 0. The van der Waals surface area contributed by atoms with E-state index in [1.165, 1.54) is 6.26 Å². The Morgan fingerprint density at radius 3 is 2.83 bits per heavy atom. The van der Waals surface area contributed by atoms with E-state index >= 15 is 0 Å². The number of para-hydroxylation sites is 1. The van der Waals surface area contributed by atoms with Crippen LogP contribution in [0.15, 0.2) is 34.9 Å². The van der Waals surface area contributed by atoms with Crippen molar-refractivity contribution in [1.29, 1.82) is 0 Å². The normalized spacial score (nSPS) is 14.4. The van der Waals surface area contributed by atoms with Gasteiger partial charge in [-0.15, -0.1) is 0 Å². The molecule has 2 aromatic rings. The van der Waals surface area contributed by atoms with Gasteiger partial charge in [-0.25, -0.2) is 0 Å². The van der Waals surface area contributed by atoms with Crippen LogP contribution in [0, 0.1) is 5.92 Å². The zero-order valence-corrected chi connectivity index (χ0v) is 10.5. The smallest absolute Gasteiger partial charge is 0.255 e. The maximum absolute atomic E-state index is 12.1. The van der Waals surface area contributed by atoms with Gasteiger partial charge in [0, 0.05) is 18.0 Å². The summed E-state index contributed by atoms with van der Waals surface area (Å²) in [4.78, 5) is 12.1. The number of carbonyl (C=O) groups is 1. The first kappa shape index (κ1) is 12.6. The summed E-state index contributed by atoms with van der Waals surface area (Å²) in [6.07, 6.45) is 1.47. The average Bonchev–Trinajstić information content (AvgIpc) is 2.81. The fraction of sp³-hybridized carbons (Fsp3) is 0.357. The lowest BCUT2D eigenvalue weighted by molar-refractivity contribution is 0.0917. The molecule has 0 bridgehead atoms. The van der Waals surface area contributed by atoms with Gasteiger partial charge < -0.3 is 14.8 Å². The van der Waals surface area contributed by atoms with Crippen LogP contribution in [0.5, 0.6) is 0 Å². The molecule has 2 unspecified atom stereocenters. The number of hydrogen-bond donors (Lipinski definition) is 2. The number of fused-ring (bicyclic) bond motifs is 1. The average molecular weight is 247 g/mol. The van der Waals surface area contributed by atoms with Gasteiger partial charge in [0.1, 0.15) is 11.8 Å². The SMILES string of the molecule is CC(CO)C(C)NC(=O)c1coc2ccccc12. The molecule has 0 radical (unpaired) electrons. The van der Waals surface area contributed by atoms with E-state index in [2.05, 4.69) is 5.32 Å². The Balaban J connectivity index is 2.19. The summed E-state index contributed by atoms with van der Waals surface area (Å²) in [5.74, 6) is -0.153. The molecule has 0 aliphatic carbocycles. The number of benzene rings is 1. The molecule has 0 fully saturated rings. The molecule has 1 aromatic heterocycles. The number of hydrogen-bond acceptors (Lipinski definition) is 3. The second-order valence-electron chi connectivity index (χ2n) is 4.57. The highest BCUT2D eigenvalue weighted by molar-refractivity contribution is 6.05. The van der Waals surface area contributed by atoms with Crippen molar-refractivity contribution in [1.82, 2.24) is 5.32 Å². The second kappa shape index (κ2) is 5.23. The highest BCUT2D eigenvalue weighted by Crippen LogP contribution is 2.20. The van der Waals surface area contributed by atoms with E-state index in [1.54, 1.807) is 0 Å². The maximum atomic E-state index is 12.1. The minimum absolute atomic E-state index is 0.0205. The molecule has 2 N–H and O–H groups in total. The van der Waals surface area contributed by atoms with Crippen molar-refractivity contribution in [3.63, 3.8) is 0 Å². The van der Waals surface area contributed by atoms with E-state index in [9.17, 15) is 4.79 Å². The van der Waals surface area contributed by atoms with E-state index in [0.29, 0.717) is 11.1 Å². The van der Waals surface area contributed by atoms with Crippen molar-refractivity contribution in [3.05, 3.63) is 36.1 Å². The predicted octanol–water partition coefficient (Wildman–Crippen LogP) is 2.18. The highest BCUT2D eigenvalue weighted by atomic mass is 16.3. The molecule has 1 amide bonds. The highest BCUT2D eigenvalue weighted by Gasteiger charge is 2.18. The molecule has 2 rings (SSSR count). The van der Waals surface area contributed by atoms with Crippen LogP contribution < -0.4 is 5.32 Å². The van der Waals surface area contributed by atoms with Crippen molar-refractivity contribution in [2.75, 3.05) is 6.61 Å². The third-order valence-electron chi connectivity index (χ3n) is 3.23. The van der Waals surface area contributed by atoms with Gasteiger partial charge in [-0.3, -0.25) is 4.79 Å². The molecule has 0 saturated heterocycles. The zero-order chi connectivity index (χ0) is 13.1. The maximum Gasteiger partial charge on any atom is 0.255 e. The summed E-state index contributed by atoms with van der Waals surface area (Å²) >= 11 is 0. The van der Waals surface area contributed by atoms with Crippen molar-refractivity contribution in [2.24, 2.45) is 5.92 Å². The molecule has 1 heterocycles. The van der Waals surface area contributed by atoms with Crippen LogP contribution in [-0.4, -0.2) is 23.7 Å². The zero-order valence-electron chi connectivity index (χ0n) is 10.5. The first-order valence-electron chi connectivity index (χ1n) is 6.01. The van der Waals surface area contributed by atoms with Gasteiger partial charge in [0.25, 0.3) is 5.91 Å². The minimum Gasteiger partial charge on any atom is -0.463 e. The first-order chi connectivity index (χ1) is 8.63. The Morgan fingerprint density at radius 2 is 2.11 bits per heavy atom. The summed E-state index contributed by atoms with van der Waals surface area (Å²) < 4.78 is 5.33. The lowest BCUT2D eigenvalue weighted by atomic mass is 10.0. The summed E-state index contributed by atoms with van der Waals surface area (Å²) in [5, 5.41) is 12.7. The van der Waals surface area contributed by atoms with Crippen molar-refractivity contribution in [3.8, 4) is 0 Å². The fourth-order valence-electron chi connectivity index (χ4n) is 1.74. The van der Waals surface area contributed by atoms with Crippen LogP contribution in [0.3, 0.4) is 0 Å². The summed E-state index contributed by atoms with van der Waals surface area (Å²) in [6, 6.07) is 7.33. The Kier molecular flexibility index (Phi) is 3.67. The molecule has 2 atom stereocenters. The van der Waals surface area contributed by atoms with Gasteiger partial charge in [-0.05, 0) is 18.9 Å². The quantitative estimate of drug-likeness (QED) is 0.870. The lowest BCUT2D eigenvalue weighted by Gasteiger charge is -2.18. The summed E-state index contributed by atoms with van der Waals surface area (Å²) in [6.45, 7) is 3.81. The van der Waals surface area contributed by atoms with Crippen LogP contribution in [0.4, 0.5) is 0 Å². The van der Waals surface area contributed by atoms with E-state index in [1.807, 2.05) is 38.1 Å². The fourth-order valence-corrected chi connectivity index (χ4v) is 1.74. The Morgan fingerprint density at radius 1 is 1.39 bits per heavy atom. The van der Waals surface area contributed by atoms with Crippen LogP contribution in [0.25, 0.3) is 11.0 Å². The Labute approximate surface area is 106 Å². The third-order valence-corrected chi connectivity index (χ3v) is 3.23. The Bertz CT molecular complexity index is 547. The second-order valence-corrected chi connectivity index (χ2v) is 4.57. The number of nitrogens with one attached hydrogen (secondary N) is 1. The van der Waals surface area contributed by atoms with Crippen LogP contribution >= 0.6 is 0 Å². The number of furan rings is 1. The van der Waals surface area contributed by atoms with Crippen LogP contribution in [-0.2, 0) is 0 Å². The molecule has 1 aromatic carbocycles. The van der Waals surface area contributed by atoms with Crippen molar-refractivity contribution >= 4 is 16.9 Å². The molecule has 18 heavy (non-hydrogen) atoms.